The van der Waals surface area contributed by atoms with Crippen LogP contribution in [0.3, 0.4) is 0 Å². The highest BCUT2D eigenvalue weighted by Gasteiger charge is 2.10. The van der Waals surface area contributed by atoms with E-state index in [2.05, 4.69) is 10.8 Å². The fraction of sp³-hybridized carbons (Fsp3) is 0.222. The Kier molecular flexibility index (Phi) is 3.77. The molecule has 3 rings (SSSR count). The normalized spacial score (nSPS) is 11.2. The standard InChI is InChI=1S/C18H20N2O2/c1-20-10-14(16-9-15(19)5-6-17(16)20)8-13-4-3-12(11-22-2)7-18(13)21/h3-7,9-10,21H,8,11,19H2,1-2H3. The summed E-state index contributed by atoms with van der Waals surface area (Å²) >= 11 is 0. The van der Waals surface area contributed by atoms with Crippen molar-refractivity contribution in [1.29, 1.82) is 0 Å². The number of hydrogen-bond donors (Lipinski definition) is 2. The van der Waals surface area contributed by atoms with E-state index in [1.807, 2.05) is 37.4 Å². The zero-order valence-electron chi connectivity index (χ0n) is 12.8. The van der Waals surface area contributed by atoms with Gasteiger partial charge in [-0.2, -0.15) is 0 Å². The quantitative estimate of drug-likeness (QED) is 0.727. The molecule has 0 fully saturated rings. The van der Waals surface area contributed by atoms with Crippen LogP contribution in [0.5, 0.6) is 5.75 Å². The number of nitrogens with two attached hydrogens (primary N) is 1. The Morgan fingerprint density at radius 3 is 2.68 bits per heavy atom. The second-order valence-corrected chi connectivity index (χ2v) is 5.61. The fourth-order valence-corrected chi connectivity index (χ4v) is 2.85. The third kappa shape index (κ3) is 2.65. The molecule has 1 aromatic heterocycles. The second kappa shape index (κ2) is 5.73. The van der Waals surface area contributed by atoms with Gasteiger partial charge in [-0.1, -0.05) is 12.1 Å². The van der Waals surface area contributed by atoms with E-state index < -0.39 is 0 Å². The van der Waals surface area contributed by atoms with E-state index in [1.54, 1.807) is 13.2 Å². The topological polar surface area (TPSA) is 60.4 Å². The van der Waals surface area contributed by atoms with Crippen molar-refractivity contribution in [1.82, 2.24) is 4.57 Å². The van der Waals surface area contributed by atoms with Crippen molar-refractivity contribution in [3.63, 3.8) is 0 Å². The summed E-state index contributed by atoms with van der Waals surface area (Å²) in [5.74, 6) is 0.301. The van der Waals surface area contributed by atoms with Gasteiger partial charge in [0.2, 0.25) is 0 Å². The first kappa shape index (κ1) is 14.5. The average Bonchev–Trinajstić information content (AvgIpc) is 2.78. The molecular weight excluding hydrogens is 276 g/mol. The van der Waals surface area contributed by atoms with Crippen LogP contribution < -0.4 is 5.73 Å². The predicted molar refractivity (Wildman–Crippen MR) is 89.0 cm³/mol. The van der Waals surface area contributed by atoms with Crippen LogP contribution in [0.15, 0.2) is 42.6 Å². The molecule has 2 aromatic carbocycles. The number of methoxy groups -OCH3 is 1. The number of phenolic OH excluding ortho intramolecular Hbond substituents is 1. The van der Waals surface area contributed by atoms with Crippen LogP contribution in [0.4, 0.5) is 5.69 Å². The van der Waals surface area contributed by atoms with Gasteiger partial charge >= 0.3 is 0 Å². The minimum absolute atomic E-state index is 0.301. The van der Waals surface area contributed by atoms with Crippen molar-refractivity contribution in [2.45, 2.75) is 13.0 Å². The van der Waals surface area contributed by atoms with Crippen molar-refractivity contribution in [3.05, 3.63) is 59.3 Å². The molecular formula is C18H20N2O2. The Morgan fingerprint density at radius 2 is 1.95 bits per heavy atom. The average molecular weight is 296 g/mol. The van der Waals surface area contributed by atoms with E-state index in [-0.39, 0.29) is 0 Å². The van der Waals surface area contributed by atoms with E-state index in [0.717, 1.165) is 33.3 Å². The number of fused-ring (bicyclic) bond motifs is 1. The molecule has 0 atom stereocenters. The van der Waals surface area contributed by atoms with Crippen LogP contribution in [-0.4, -0.2) is 16.8 Å². The second-order valence-electron chi connectivity index (χ2n) is 5.61. The lowest BCUT2D eigenvalue weighted by atomic mass is 10.0. The first-order chi connectivity index (χ1) is 10.6. The Hall–Kier alpha value is -2.46. The van der Waals surface area contributed by atoms with Gasteiger partial charge in [-0.3, -0.25) is 0 Å². The van der Waals surface area contributed by atoms with Crippen molar-refractivity contribution in [2.24, 2.45) is 7.05 Å². The number of ether oxygens (including phenoxy) is 1. The Labute approximate surface area is 129 Å². The summed E-state index contributed by atoms with van der Waals surface area (Å²) in [6, 6.07) is 11.6. The Bertz CT molecular complexity index is 821. The summed E-state index contributed by atoms with van der Waals surface area (Å²) in [6.07, 6.45) is 2.76. The Balaban J connectivity index is 1.98. The molecule has 0 saturated carbocycles. The maximum atomic E-state index is 10.2. The molecule has 0 radical (unpaired) electrons. The molecule has 0 amide bonds. The van der Waals surface area contributed by atoms with E-state index >= 15 is 0 Å². The summed E-state index contributed by atoms with van der Waals surface area (Å²) in [6.45, 7) is 0.499. The molecule has 3 N–H and O–H groups in total. The van der Waals surface area contributed by atoms with E-state index in [1.165, 1.54) is 0 Å². The van der Waals surface area contributed by atoms with Crippen molar-refractivity contribution < 1.29 is 9.84 Å². The van der Waals surface area contributed by atoms with E-state index in [4.69, 9.17) is 10.5 Å². The zero-order valence-corrected chi connectivity index (χ0v) is 12.8. The van der Waals surface area contributed by atoms with Crippen LogP contribution >= 0.6 is 0 Å². The predicted octanol–water partition coefficient (Wildman–Crippen LogP) is 3.20. The summed E-state index contributed by atoms with van der Waals surface area (Å²) < 4.78 is 7.17. The first-order valence-electron chi connectivity index (χ1n) is 7.21. The molecule has 1 heterocycles. The third-order valence-electron chi connectivity index (χ3n) is 3.94. The molecule has 0 bridgehead atoms. The number of phenols is 1. The maximum absolute atomic E-state index is 10.2. The fourth-order valence-electron chi connectivity index (χ4n) is 2.85. The number of rotatable bonds is 4. The van der Waals surface area contributed by atoms with Gasteiger partial charge in [-0.15, -0.1) is 0 Å². The summed E-state index contributed by atoms with van der Waals surface area (Å²) in [5.41, 5.74) is 10.8. The Morgan fingerprint density at radius 1 is 1.14 bits per heavy atom. The molecule has 4 nitrogen and oxygen atoms in total. The number of anilines is 1. The number of aromatic hydroxyl groups is 1. The lowest BCUT2D eigenvalue weighted by molar-refractivity contribution is 0.184. The largest absolute Gasteiger partial charge is 0.508 e. The van der Waals surface area contributed by atoms with Crippen LogP contribution in [0, 0.1) is 0 Å². The van der Waals surface area contributed by atoms with Gasteiger partial charge < -0.3 is 20.1 Å². The molecule has 114 valence electrons. The van der Waals surface area contributed by atoms with Gasteiger partial charge in [0.15, 0.2) is 0 Å². The third-order valence-corrected chi connectivity index (χ3v) is 3.94. The summed E-state index contributed by atoms with van der Waals surface area (Å²) in [4.78, 5) is 0. The SMILES string of the molecule is COCc1ccc(Cc2cn(C)c3ccc(N)cc23)c(O)c1. The minimum atomic E-state index is 0.301. The number of benzene rings is 2. The monoisotopic (exact) mass is 296 g/mol. The highest BCUT2D eigenvalue weighted by Crippen LogP contribution is 2.28. The molecule has 3 aromatic rings. The zero-order chi connectivity index (χ0) is 15.7. The van der Waals surface area contributed by atoms with Crippen molar-refractivity contribution in [2.75, 3.05) is 12.8 Å². The molecule has 0 aliphatic rings. The number of nitrogens with zero attached hydrogens (tertiary/aromatic N) is 1. The summed E-state index contributed by atoms with van der Waals surface area (Å²) in [7, 11) is 3.66. The van der Waals surface area contributed by atoms with E-state index in [0.29, 0.717) is 18.8 Å². The first-order valence-corrected chi connectivity index (χ1v) is 7.21. The molecule has 0 aliphatic heterocycles. The summed E-state index contributed by atoms with van der Waals surface area (Å²) in [5, 5.41) is 11.4. The highest BCUT2D eigenvalue weighted by atomic mass is 16.5. The lowest BCUT2D eigenvalue weighted by Crippen LogP contribution is -1.92. The number of aryl methyl sites for hydroxylation is 1. The van der Waals surface area contributed by atoms with Crippen LogP contribution in [-0.2, 0) is 24.8 Å². The van der Waals surface area contributed by atoms with Crippen molar-refractivity contribution in [3.8, 4) is 5.75 Å². The smallest absolute Gasteiger partial charge is 0.119 e. The van der Waals surface area contributed by atoms with Crippen molar-refractivity contribution >= 4 is 16.6 Å². The number of aromatic nitrogens is 1. The molecule has 0 saturated heterocycles. The van der Waals surface area contributed by atoms with Gasteiger partial charge in [0.05, 0.1) is 6.61 Å². The van der Waals surface area contributed by atoms with Crippen LogP contribution in [0.25, 0.3) is 10.9 Å². The highest BCUT2D eigenvalue weighted by molar-refractivity contribution is 5.87. The molecule has 4 heteroatoms. The molecule has 0 spiro atoms. The van der Waals surface area contributed by atoms with Crippen LogP contribution in [0.1, 0.15) is 16.7 Å². The number of hydrogen-bond acceptors (Lipinski definition) is 3. The van der Waals surface area contributed by atoms with Crippen LogP contribution in [0.2, 0.25) is 0 Å². The molecule has 22 heavy (non-hydrogen) atoms. The van der Waals surface area contributed by atoms with Gasteiger partial charge in [-0.05, 0) is 41.0 Å². The lowest BCUT2D eigenvalue weighted by Gasteiger charge is -2.07. The van der Waals surface area contributed by atoms with Gasteiger partial charge in [0, 0.05) is 43.4 Å². The van der Waals surface area contributed by atoms with Gasteiger partial charge in [0.25, 0.3) is 0 Å². The number of nitrogen functional groups attached to an aromatic ring is 1. The molecule has 0 unspecified atom stereocenters. The maximum Gasteiger partial charge on any atom is 0.119 e. The van der Waals surface area contributed by atoms with Gasteiger partial charge in [0.1, 0.15) is 5.75 Å². The van der Waals surface area contributed by atoms with E-state index in [9.17, 15) is 5.11 Å². The van der Waals surface area contributed by atoms with Gasteiger partial charge in [-0.25, -0.2) is 0 Å². The molecule has 0 aliphatic carbocycles. The minimum Gasteiger partial charge on any atom is -0.508 e.